The maximum absolute atomic E-state index is 12.2. The van der Waals surface area contributed by atoms with Gasteiger partial charge in [0.2, 0.25) is 5.91 Å². The summed E-state index contributed by atoms with van der Waals surface area (Å²) in [5.74, 6) is -1.49. The van der Waals surface area contributed by atoms with Gasteiger partial charge in [0.05, 0.1) is 25.5 Å². The Kier molecular flexibility index (Phi) is 5.92. The lowest BCUT2D eigenvalue weighted by molar-refractivity contribution is -0.116. The second-order valence-electron chi connectivity index (χ2n) is 5.26. The van der Waals surface area contributed by atoms with Gasteiger partial charge < -0.3 is 14.8 Å². The van der Waals surface area contributed by atoms with Crippen molar-refractivity contribution in [3.8, 4) is 0 Å². The number of carbonyl (C=O) groups is 3. The van der Waals surface area contributed by atoms with E-state index in [2.05, 4.69) is 10.4 Å². The number of methoxy groups -OCH3 is 2. The van der Waals surface area contributed by atoms with Crippen molar-refractivity contribution in [2.75, 3.05) is 19.5 Å². The third-order valence-electron chi connectivity index (χ3n) is 3.50. The summed E-state index contributed by atoms with van der Waals surface area (Å²) in [7, 11) is 2.49. The second-order valence-corrected chi connectivity index (χ2v) is 6.28. The Labute approximate surface area is 148 Å². The Morgan fingerprint density at radius 2 is 1.88 bits per heavy atom. The average molecular weight is 365 g/mol. The lowest BCUT2D eigenvalue weighted by atomic mass is 10.1. The van der Waals surface area contributed by atoms with Crippen LogP contribution in [0.1, 0.15) is 37.7 Å². The van der Waals surface area contributed by atoms with Gasteiger partial charge in [-0.2, -0.15) is 5.10 Å². The predicted molar refractivity (Wildman–Crippen MR) is 91.9 cm³/mol. The molecule has 0 spiro atoms. The predicted octanol–water partition coefficient (Wildman–Crippen LogP) is 2.16. The summed E-state index contributed by atoms with van der Waals surface area (Å²) in [6.45, 7) is 3.88. The highest BCUT2D eigenvalue weighted by molar-refractivity contribution is 7.18. The van der Waals surface area contributed by atoms with Crippen LogP contribution in [0.15, 0.2) is 12.3 Å². The number of amides is 1. The minimum atomic E-state index is -0.623. The van der Waals surface area contributed by atoms with Crippen LogP contribution >= 0.6 is 11.3 Å². The summed E-state index contributed by atoms with van der Waals surface area (Å²) in [5.41, 5.74) is 1.45. The molecule has 0 saturated heterocycles. The maximum Gasteiger partial charge on any atom is 0.348 e. The van der Waals surface area contributed by atoms with E-state index in [1.165, 1.54) is 14.2 Å². The van der Waals surface area contributed by atoms with Gasteiger partial charge in [0.15, 0.2) is 0 Å². The lowest BCUT2D eigenvalue weighted by Gasteiger charge is -2.06. The Bertz CT molecular complexity index is 809. The zero-order valence-corrected chi connectivity index (χ0v) is 15.2. The number of aromatic nitrogens is 2. The van der Waals surface area contributed by atoms with E-state index < -0.39 is 11.9 Å². The summed E-state index contributed by atoms with van der Waals surface area (Å²) in [6, 6.07) is 1.85. The molecule has 0 aliphatic rings. The van der Waals surface area contributed by atoms with Crippen LogP contribution in [0.2, 0.25) is 0 Å². The summed E-state index contributed by atoms with van der Waals surface area (Å²) in [6.07, 6.45) is 1.96. The van der Waals surface area contributed by atoms with Crippen LogP contribution in [-0.2, 0) is 20.8 Å². The zero-order valence-electron chi connectivity index (χ0n) is 14.4. The molecule has 8 nitrogen and oxygen atoms in total. The highest BCUT2D eigenvalue weighted by Crippen LogP contribution is 2.34. The summed E-state index contributed by atoms with van der Waals surface area (Å²) < 4.78 is 11.1. The molecular weight excluding hydrogens is 346 g/mol. The zero-order chi connectivity index (χ0) is 18.6. The van der Waals surface area contributed by atoms with E-state index in [-0.39, 0.29) is 27.8 Å². The van der Waals surface area contributed by atoms with E-state index in [0.29, 0.717) is 12.1 Å². The third kappa shape index (κ3) is 4.24. The SMILES string of the molecule is COC(=O)c1sc(NC(=O)CCn2ccc(C)n2)c(C(=O)OC)c1C. The van der Waals surface area contributed by atoms with Crippen molar-refractivity contribution in [1.29, 1.82) is 0 Å². The van der Waals surface area contributed by atoms with Crippen LogP contribution in [0, 0.1) is 13.8 Å². The van der Waals surface area contributed by atoms with Gasteiger partial charge in [-0.05, 0) is 25.5 Å². The van der Waals surface area contributed by atoms with Gasteiger partial charge in [-0.15, -0.1) is 11.3 Å². The fraction of sp³-hybridized carbons (Fsp3) is 0.375. The number of aryl methyl sites for hydroxylation is 2. The molecule has 2 rings (SSSR count). The number of anilines is 1. The molecule has 9 heteroatoms. The topological polar surface area (TPSA) is 99.5 Å². The van der Waals surface area contributed by atoms with Crippen LogP contribution in [0.5, 0.6) is 0 Å². The maximum atomic E-state index is 12.2. The van der Waals surface area contributed by atoms with Crippen LogP contribution in [0.3, 0.4) is 0 Å². The number of nitrogens with one attached hydrogen (secondary N) is 1. The number of carbonyl (C=O) groups excluding carboxylic acids is 3. The minimum absolute atomic E-state index is 0.163. The van der Waals surface area contributed by atoms with Gasteiger partial charge in [0, 0.05) is 19.2 Å². The van der Waals surface area contributed by atoms with E-state index in [4.69, 9.17) is 9.47 Å². The van der Waals surface area contributed by atoms with Crippen LogP contribution in [0.25, 0.3) is 0 Å². The van der Waals surface area contributed by atoms with Gasteiger partial charge >= 0.3 is 11.9 Å². The van der Waals surface area contributed by atoms with Crippen LogP contribution in [-0.4, -0.2) is 41.8 Å². The van der Waals surface area contributed by atoms with Gasteiger partial charge in [0.25, 0.3) is 0 Å². The lowest BCUT2D eigenvalue weighted by Crippen LogP contribution is -2.16. The van der Waals surface area contributed by atoms with E-state index in [9.17, 15) is 14.4 Å². The van der Waals surface area contributed by atoms with E-state index in [1.807, 2.05) is 13.0 Å². The molecule has 2 heterocycles. The second kappa shape index (κ2) is 7.93. The fourth-order valence-corrected chi connectivity index (χ4v) is 3.36. The first-order valence-corrected chi connectivity index (χ1v) is 8.29. The summed E-state index contributed by atoms with van der Waals surface area (Å²) in [5, 5.41) is 7.15. The van der Waals surface area contributed by atoms with Crippen LogP contribution in [0.4, 0.5) is 5.00 Å². The first kappa shape index (κ1) is 18.7. The number of esters is 2. The monoisotopic (exact) mass is 365 g/mol. The molecule has 0 radical (unpaired) electrons. The van der Waals surface area contributed by atoms with Crippen molar-refractivity contribution in [2.45, 2.75) is 26.8 Å². The van der Waals surface area contributed by atoms with E-state index >= 15 is 0 Å². The minimum Gasteiger partial charge on any atom is -0.465 e. The van der Waals surface area contributed by atoms with E-state index in [1.54, 1.807) is 17.8 Å². The molecule has 0 aliphatic carbocycles. The first-order valence-electron chi connectivity index (χ1n) is 7.47. The summed E-state index contributed by atoms with van der Waals surface area (Å²) >= 11 is 0.987. The number of ether oxygens (including phenoxy) is 2. The highest BCUT2D eigenvalue weighted by Gasteiger charge is 2.26. The molecule has 25 heavy (non-hydrogen) atoms. The van der Waals surface area contributed by atoms with Crippen molar-refractivity contribution in [1.82, 2.24) is 9.78 Å². The van der Waals surface area contributed by atoms with Crippen molar-refractivity contribution in [3.63, 3.8) is 0 Å². The number of rotatable bonds is 6. The van der Waals surface area contributed by atoms with E-state index in [0.717, 1.165) is 17.0 Å². The quantitative estimate of drug-likeness (QED) is 0.788. The number of hydrogen-bond donors (Lipinski definition) is 1. The molecule has 0 fully saturated rings. The van der Waals surface area contributed by atoms with Crippen molar-refractivity contribution < 1.29 is 23.9 Å². The molecule has 0 unspecified atom stereocenters. The molecule has 1 N–H and O–H groups in total. The molecular formula is C16H19N3O5S. The molecule has 0 aliphatic heterocycles. The van der Waals surface area contributed by atoms with Gasteiger partial charge in [-0.3, -0.25) is 9.48 Å². The number of thiophene rings is 1. The molecule has 0 bridgehead atoms. The molecule has 134 valence electrons. The molecule has 2 aromatic rings. The first-order chi connectivity index (χ1) is 11.9. The normalized spacial score (nSPS) is 10.4. The Morgan fingerprint density at radius 1 is 1.20 bits per heavy atom. The molecule has 2 aromatic heterocycles. The Morgan fingerprint density at radius 3 is 2.44 bits per heavy atom. The molecule has 0 saturated carbocycles. The Balaban J connectivity index is 2.17. The Hall–Kier alpha value is -2.68. The largest absolute Gasteiger partial charge is 0.465 e. The number of hydrogen-bond acceptors (Lipinski definition) is 7. The van der Waals surface area contributed by atoms with Crippen molar-refractivity contribution >= 4 is 34.2 Å². The van der Waals surface area contributed by atoms with Crippen molar-refractivity contribution in [2.24, 2.45) is 0 Å². The third-order valence-corrected chi connectivity index (χ3v) is 4.69. The van der Waals surface area contributed by atoms with Crippen LogP contribution < -0.4 is 5.32 Å². The fourth-order valence-electron chi connectivity index (χ4n) is 2.23. The van der Waals surface area contributed by atoms with Crippen molar-refractivity contribution in [3.05, 3.63) is 34.0 Å². The molecule has 1 amide bonds. The van der Waals surface area contributed by atoms with Gasteiger partial charge in [-0.25, -0.2) is 9.59 Å². The highest BCUT2D eigenvalue weighted by atomic mass is 32.1. The molecule has 0 atom stereocenters. The summed E-state index contributed by atoms with van der Waals surface area (Å²) in [4.78, 5) is 36.3. The average Bonchev–Trinajstić information content (AvgIpc) is 3.15. The smallest absolute Gasteiger partial charge is 0.348 e. The van der Waals surface area contributed by atoms with Gasteiger partial charge in [-0.1, -0.05) is 0 Å². The van der Waals surface area contributed by atoms with Gasteiger partial charge in [0.1, 0.15) is 9.88 Å². The number of nitrogens with zero attached hydrogens (tertiary/aromatic N) is 2. The molecule has 0 aromatic carbocycles. The standard InChI is InChI=1S/C16H19N3O5S/c1-9-5-7-19(18-9)8-6-11(20)17-14-12(15(21)23-3)10(2)13(25-14)16(22)24-4/h5,7H,6,8H2,1-4H3,(H,17,20).